The maximum absolute atomic E-state index is 14.3. The largest absolute Gasteiger partial charge is 0.309 e. The molecule has 0 saturated carbocycles. The standard InChI is InChI=1S/C23H27FN4OS/c1-16(2)14-27-22(19-12-8-9-13-20(19)24)25-26-23(27)30-15-21(29)28(17(3)4)18-10-6-5-7-11-18/h5-13,16-17H,14-15H2,1-4H3. The molecule has 3 rings (SSSR count). The number of para-hydroxylation sites is 1. The highest BCUT2D eigenvalue weighted by Gasteiger charge is 2.22. The van der Waals surface area contributed by atoms with Gasteiger partial charge in [0.15, 0.2) is 11.0 Å². The Bertz CT molecular complexity index is 988. The fourth-order valence-electron chi connectivity index (χ4n) is 3.28. The van der Waals surface area contributed by atoms with Crippen LogP contribution in [-0.4, -0.2) is 32.5 Å². The van der Waals surface area contributed by atoms with Crippen molar-refractivity contribution < 1.29 is 9.18 Å². The molecule has 2 aromatic carbocycles. The number of aromatic nitrogens is 3. The zero-order chi connectivity index (χ0) is 21.7. The van der Waals surface area contributed by atoms with Crippen molar-refractivity contribution in [2.75, 3.05) is 10.7 Å². The van der Waals surface area contributed by atoms with Gasteiger partial charge in [0, 0.05) is 18.3 Å². The molecule has 30 heavy (non-hydrogen) atoms. The van der Waals surface area contributed by atoms with Crippen molar-refractivity contribution >= 4 is 23.4 Å². The van der Waals surface area contributed by atoms with Crippen LogP contribution in [0.1, 0.15) is 27.7 Å². The first-order valence-electron chi connectivity index (χ1n) is 10.1. The highest BCUT2D eigenvalue weighted by atomic mass is 32.2. The van der Waals surface area contributed by atoms with Crippen LogP contribution in [0.25, 0.3) is 11.4 Å². The van der Waals surface area contributed by atoms with Gasteiger partial charge in [0.1, 0.15) is 5.82 Å². The molecule has 0 aliphatic carbocycles. The number of benzene rings is 2. The van der Waals surface area contributed by atoms with Gasteiger partial charge < -0.3 is 9.47 Å². The molecule has 158 valence electrons. The Hall–Kier alpha value is -2.67. The van der Waals surface area contributed by atoms with E-state index < -0.39 is 0 Å². The average molecular weight is 427 g/mol. The zero-order valence-electron chi connectivity index (χ0n) is 17.7. The number of carbonyl (C=O) groups is 1. The zero-order valence-corrected chi connectivity index (χ0v) is 18.6. The van der Waals surface area contributed by atoms with Gasteiger partial charge in [-0.25, -0.2) is 4.39 Å². The van der Waals surface area contributed by atoms with Crippen LogP contribution in [0.3, 0.4) is 0 Å². The Kier molecular flexibility index (Phi) is 7.26. The highest BCUT2D eigenvalue weighted by molar-refractivity contribution is 7.99. The summed E-state index contributed by atoms with van der Waals surface area (Å²) in [5.41, 5.74) is 1.28. The van der Waals surface area contributed by atoms with Gasteiger partial charge >= 0.3 is 0 Å². The van der Waals surface area contributed by atoms with E-state index in [1.807, 2.05) is 48.7 Å². The second kappa shape index (κ2) is 9.89. The van der Waals surface area contributed by atoms with Crippen LogP contribution in [0.5, 0.6) is 0 Å². The van der Waals surface area contributed by atoms with Crippen molar-refractivity contribution in [3.63, 3.8) is 0 Å². The molecule has 0 saturated heterocycles. The molecule has 0 N–H and O–H groups in total. The summed E-state index contributed by atoms with van der Waals surface area (Å²) in [4.78, 5) is 14.8. The number of hydrogen-bond acceptors (Lipinski definition) is 4. The topological polar surface area (TPSA) is 51.0 Å². The van der Waals surface area contributed by atoms with Crippen molar-refractivity contribution in [3.05, 3.63) is 60.4 Å². The second-order valence-corrected chi connectivity index (χ2v) is 8.71. The first kappa shape index (κ1) is 22.0. The van der Waals surface area contributed by atoms with Crippen LogP contribution in [0.15, 0.2) is 59.8 Å². The molecule has 0 unspecified atom stereocenters. The van der Waals surface area contributed by atoms with E-state index in [2.05, 4.69) is 24.0 Å². The summed E-state index contributed by atoms with van der Waals surface area (Å²) in [6.45, 7) is 8.79. The molecule has 0 atom stereocenters. The molecule has 0 bridgehead atoms. The molecule has 0 aliphatic rings. The number of halogens is 1. The van der Waals surface area contributed by atoms with Gasteiger partial charge in [0.05, 0.1) is 11.3 Å². The maximum atomic E-state index is 14.3. The van der Waals surface area contributed by atoms with E-state index in [0.717, 1.165) is 5.69 Å². The molecular weight excluding hydrogens is 399 g/mol. The number of nitrogens with zero attached hydrogens (tertiary/aromatic N) is 4. The smallest absolute Gasteiger partial charge is 0.237 e. The number of amides is 1. The number of anilines is 1. The van der Waals surface area contributed by atoms with Gasteiger partial charge in [-0.15, -0.1) is 10.2 Å². The minimum atomic E-state index is -0.336. The molecule has 3 aromatic rings. The summed E-state index contributed by atoms with van der Waals surface area (Å²) >= 11 is 1.33. The Morgan fingerprint density at radius 2 is 1.70 bits per heavy atom. The first-order chi connectivity index (χ1) is 14.4. The fourth-order valence-corrected chi connectivity index (χ4v) is 4.09. The van der Waals surface area contributed by atoms with Gasteiger partial charge in [-0.1, -0.05) is 55.9 Å². The molecule has 1 heterocycles. The summed E-state index contributed by atoms with van der Waals surface area (Å²) in [6.07, 6.45) is 0. The lowest BCUT2D eigenvalue weighted by Gasteiger charge is -2.26. The summed E-state index contributed by atoms with van der Waals surface area (Å²) in [7, 11) is 0. The second-order valence-electron chi connectivity index (χ2n) is 7.77. The molecular formula is C23H27FN4OS. The van der Waals surface area contributed by atoms with Crippen LogP contribution >= 0.6 is 11.8 Å². The quantitative estimate of drug-likeness (QED) is 0.460. The van der Waals surface area contributed by atoms with Crippen LogP contribution < -0.4 is 4.90 Å². The van der Waals surface area contributed by atoms with Crippen molar-refractivity contribution in [2.45, 2.75) is 45.4 Å². The molecule has 7 heteroatoms. The van der Waals surface area contributed by atoms with E-state index in [9.17, 15) is 9.18 Å². The minimum Gasteiger partial charge on any atom is -0.309 e. The van der Waals surface area contributed by atoms with Gasteiger partial charge in [0.2, 0.25) is 5.91 Å². The Morgan fingerprint density at radius 1 is 1.03 bits per heavy atom. The predicted molar refractivity (Wildman–Crippen MR) is 120 cm³/mol. The summed E-state index contributed by atoms with van der Waals surface area (Å²) in [5.74, 6) is 0.685. The highest BCUT2D eigenvalue weighted by Crippen LogP contribution is 2.28. The molecule has 1 aromatic heterocycles. The molecule has 0 aliphatic heterocycles. The van der Waals surface area contributed by atoms with E-state index in [-0.39, 0.29) is 23.5 Å². The SMILES string of the molecule is CC(C)Cn1c(SCC(=O)N(c2ccccc2)C(C)C)nnc1-c1ccccc1F. The number of carbonyl (C=O) groups excluding carboxylic acids is 1. The molecule has 1 amide bonds. The van der Waals surface area contributed by atoms with Crippen LogP contribution in [-0.2, 0) is 11.3 Å². The third-order valence-corrected chi connectivity index (χ3v) is 5.48. The number of rotatable bonds is 8. The van der Waals surface area contributed by atoms with Gasteiger partial charge in [-0.2, -0.15) is 0 Å². The molecule has 0 fully saturated rings. The summed E-state index contributed by atoms with van der Waals surface area (Å²) in [6, 6.07) is 16.2. The third-order valence-electron chi connectivity index (χ3n) is 4.52. The molecule has 0 radical (unpaired) electrons. The van der Waals surface area contributed by atoms with E-state index >= 15 is 0 Å². The lowest BCUT2D eigenvalue weighted by molar-refractivity contribution is -0.116. The lowest BCUT2D eigenvalue weighted by Crippen LogP contribution is -2.38. The van der Waals surface area contributed by atoms with E-state index in [0.29, 0.717) is 29.0 Å². The lowest BCUT2D eigenvalue weighted by atomic mass is 10.2. The Labute approximate surface area is 181 Å². The van der Waals surface area contributed by atoms with Crippen molar-refractivity contribution in [1.82, 2.24) is 14.8 Å². The first-order valence-corrected chi connectivity index (χ1v) is 11.0. The van der Waals surface area contributed by atoms with E-state index in [1.54, 1.807) is 23.1 Å². The normalized spacial score (nSPS) is 11.3. The number of thioether (sulfide) groups is 1. The van der Waals surface area contributed by atoms with Crippen molar-refractivity contribution in [2.24, 2.45) is 5.92 Å². The minimum absolute atomic E-state index is 0.00672. The third kappa shape index (κ3) is 5.08. The molecule has 5 nitrogen and oxygen atoms in total. The van der Waals surface area contributed by atoms with Gasteiger partial charge in [-0.05, 0) is 44.0 Å². The van der Waals surface area contributed by atoms with Crippen molar-refractivity contribution in [3.8, 4) is 11.4 Å². The van der Waals surface area contributed by atoms with Gasteiger partial charge in [-0.3, -0.25) is 4.79 Å². The molecule has 0 spiro atoms. The monoisotopic (exact) mass is 426 g/mol. The Balaban J connectivity index is 1.84. The van der Waals surface area contributed by atoms with Crippen LogP contribution in [0.2, 0.25) is 0 Å². The Morgan fingerprint density at radius 3 is 2.33 bits per heavy atom. The summed E-state index contributed by atoms with van der Waals surface area (Å²) < 4.78 is 16.3. The van der Waals surface area contributed by atoms with E-state index in [4.69, 9.17) is 0 Å². The van der Waals surface area contributed by atoms with E-state index in [1.165, 1.54) is 17.8 Å². The van der Waals surface area contributed by atoms with Crippen LogP contribution in [0, 0.1) is 11.7 Å². The van der Waals surface area contributed by atoms with Gasteiger partial charge in [0.25, 0.3) is 0 Å². The maximum Gasteiger partial charge on any atom is 0.237 e. The van der Waals surface area contributed by atoms with Crippen molar-refractivity contribution in [1.29, 1.82) is 0 Å². The number of hydrogen-bond donors (Lipinski definition) is 0. The average Bonchev–Trinajstić information content (AvgIpc) is 3.09. The fraction of sp³-hybridized carbons (Fsp3) is 0.348. The predicted octanol–water partition coefficient (Wildman–Crippen LogP) is 5.27. The van der Waals surface area contributed by atoms with Crippen LogP contribution in [0.4, 0.5) is 10.1 Å². The summed E-state index contributed by atoms with van der Waals surface area (Å²) in [5, 5.41) is 9.14.